The van der Waals surface area contributed by atoms with E-state index in [1.54, 1.807) is 19.2 Å². The smallest absolute Gasteiger partial charge is 0.141 e. The Hall–Kier alpha value is -2.03. The van der Waals surface area contributed by atoms with Crippen LogP contribution >= 0.6 is 0 Å². The van der Waals surface area contributed by atoms with E-state index in [2.05, 4.69) is 0 Å². The minimum absolute atomic E-state index is 0.219. The van der Waals surface area contributed by atoms with Crippen LogP contribution in [0.2, 0.25) is 0 Å². The van der Waals surface area contributed by atoms with Crippen LogP contribution in [-0.4, -0.2) is 7.11 Å². The van der Waals surface area contributed by atoms with Crippen molar-refractivity contribution in [1.29, 1.82) is 0 Å². The van der Waals surface area contributed by atoms with Gasteiger partial charge in [0, 0.05) is 0 Å². The molecular weight excluding hydrogens is 217 g/mol. The second kappa shape index (κ2) is 4.87. The van der Waals surface area contributed by atoms with E-state index in [1.807, 2.05) is 18.2 Å². The lowest BCUT2D eigenvalue weighted by atomic mass is 10.0. The number of nitrogens with two attached hydrogens (primary N) is 1. The lowest BCUT2D eigenvalue weighted by molar-refractivity contribution is 0.417. The molecule has 0 radical (unpaired) electrons. The Kier molecular flexibility index (Phi) is 3.28. The predicted octanol–water partition coefficient (Wildman–Crippen LogP) is 3.01. The zero-order valence-corrected chi connectivity index (χ0v) is 9.61. The first kappa shape index (κ1) is 11.5. The van der Waals surface area contributed by atoms with Crippen LogP contribution in [0.5, 0.6) is 5.75 Å². The molecule has 88 valence electrons. The molecule has 0 atom stereocenters. The van der Waals surface area contributed by atoms with E-state index < -0.39 is 0 Å². The molecule has 0 heterocycles. The van der Waals surface area contributed by atoms with Crippen LogP contribution in [0.1, 0.15) is 11.1 Å². The van der Waals surface area contributed by atoms with Crippen LogP contribution in [-0.2, 0) is 6.42 Å². The number of anilines is 1. The second-order valence-corrected chi connectivity index (χ2v) is 3.88. The first-order valence-electron chi connectivity index (χ1n) is 5.36. The average molecular weight is 231 g/mol. The van der Waals surface area contributed by atoms with E-state index in [0.29, 0.717) is 11.4 Å². The zero-order valence-electron chi connectivity index (χ0n) is 9.61. The Labute approximate surface area is 99.8 Å². The van der Waals surface area contributed by atoms with E-state index in [-0.39, 0.29) is 5.82 Å². The molecule has 2 rings (SSSR count). The van der Waals surface area contributed by atoms with Crippen molar-refractivity contribution in [2.24, 2.45) is 0 Å². The van der Waals surface area contributed by atoms with Crippen molar-refractivity contribution in [1.82, 2.24) is 0 Å². The lowest BCUT2D eigenvalue weighted by Gasteiger charge is -2.07. The number of halogens is 1. The van der Waals surface area contributed by atoms with Gasteiger partial charge in [-0.25, -0.2) is 4.39 Å². The van der Waals surface area contributed by atoms with Crippen molar-refractivity contribution in [3.8, 4) is 5.75 Å². The molecule has 0 unspecified atom stereocenters. The molecule has 2 aromatic carbocycles. The molecule has 0 fully saturated rings. The minimum Gasteiger partial charge on any atom is -0.495 e. The van der Waals surface area contributed by atoms with Crippen LogP contribution in [0.4, 0.5) is 10.1 Å². The van der Waals surface area contributed by atoms with Crippen LogP contribution in [0.15, 0.2) is 42.5 Å². The molecule has 3 heteroatoms. The number of hydrogen-bond acceptors (Lipinski definition) is 2. The molecule has 0 aliphatic heterocycles. The molecule has 17 heavy (non-hydrogen) atoms. The van der Waals surface area contributed by atoms with Gasteiger partial charge in [-0.05, 0) is 41.8 Å². The number of rotatable bonds is 3. The summed E-state index contributed by atoms with van der Waals surface area (Å²) >= 11 is 0. The Balaban J connectivity index is 2.19. The SMILES string of the molecule is COc1ccc(Cc2ccc(F)cc2)cc1N. The summed E-state index contributed by atoms with van der Waals surface area (Å²) in [7, 11) is 1.59. The molecule has 0 aliphatic rings. The molecule has 2 aromatic rings. The fourth-order valence-corrected chi connectivity index (χ4v) is 1.73. The van der Waals surface area contributed by atoms with Gasteiger partial charge < -0.3 is 10.5 Å². The van der Waals surface area contributed by atoms with Crippen LogP contribution in [0.25, 0.3) is 0 Å². The number of methoxy groups -OCH3 is 1. The van der Waals surface area contributed by atoms with Gasteiger partial charge in [0.1, 0.15) is 11.6 Å². The summed E-state index contributed by atoms with van der Waals surface area (Å²) in [5.74, 6) is 0.454. The largest absolute Gasteiger partial charge is 0.495 e. The molecule has 0 spiro atoms. The van der Waals surface area contributed by atoms with Gasteiger partial charge in [0.25, 0.3) is 0 Å². The first-order valence-corrected chi connectivity index (χ1v) is 5.36. The fourth-order valence-electron chi connectivity index (χ4n) is 1.73. The van der Waals surface area contributed by atoms with Gasteiger partial charge in [-0.15, -0.1) is 0 Å². The van der Waals surface area contributed by atoms with Gasteiger partial charge in [0.15, 0.2) is 0 Å². The highest BCUT2D eigenvalue weighted by molar-refractivity contribution is 5.54. The highest BCUT2D eigenvalue weighted by atomic mass is 19.1. The van der Waals surface area contributed by atoms with E-state index in [4.69, 9.17) is 10.5 Å². The Morgan fingerprint density at radius 2 is 1.71 bits per heavy atom. The quantitative estimate of drug-likeness (QED) is 0.824. The molecule has 0 aliphatic carbocycles. The Morgan fingerprint density at radius 3 is 2.29 bits per heavy atom. The fraction of sp³-hybridized carbons (Fsp3) is 0.143. The predicted molar refractivity (Wildman–Crippen MR) is 66.6 cm³/mol. The summed E-state index contributed by atoms with van der Waals surface area (Å²) in [5, 5.41) is 0. The third-order valence-electron chi connectivity index (χ3n) is 2.62. The lowest BCUT2D eigenvalue weighted by Crippen LogP contribution is -1.95. The maximum Gasteiger partial charge on any atom is 0.141 e. The summed E-state index contributed by atoms with van der Waals surface area (Å²) in [6.45, 7) is 0. The Morgan fingerprint density at radius 1 is 1.06 bits per heavy atom. The monoisotopic (exact) mass is 231 g/mol. The summed E-state index contributed by atoms with van der Waals surface area (Å²) in [5.41, 5.74) is 8.57. The highest BCUT2D eigenvalue weighted by Crippen LogP contribution is 2.23. The van der Waals surface area contributed by atoms with Crippen molar-refractivity contribution >= 4 is 5.69 Å². The number of benzene rings is 2. The van der Waals surface area contributed by atoms with Crippen molar-refractivity contribution < 1.29 is 9.13 Å². The molecule has 0 amide bonds. The van der Waals surface area contributed by atoms with Crippen LogP contribution in [0.3, 0.4) is 0 Å². The number of nitrogen functional groups attached to an aromatic ring is 1. The maximum absolute atomic E-state index is 12.8. The molecule has 2 N–H and O–H groups in total. The first-order chi connectivity index (χ1) is 8.19. The van der Waals surface area contributed by atoms with E-state index in [0.717, 1.165) is 17.5 Å². The van der Waals surface area contributed by atoms with Crippen LogP contribution in [0, 0.1) is 5.82 Å². The number of ether oxygens (including phenoxy) is 1. The normalized spacial score (nSPS) is 10.2. The molecule has 2 nitrogen and oxygen atoms in total. The van der Waals surface area contributed by atoms with E-state index in [1.165, 1.54) is 12.1 Å². The van der Waals surface area contributed by atoms with Gasteiger partial charge in [-0.3, -0.25) is 0 Å². The van der Waals surface area contributed by atoms with Gasteiger partial charge in [-0.2, -0.15) is 0 Å². The molecule has 0 saturated heterocycles. The second-order valence-electron chi connectivity index (χ2n) is 3.88. The van der Waals surface area contributed by atoms with Gasteiger partial charge in [-0.1, -0.05) is 18.2 Å². The molecule has 0 saturated carbocycles. The van der Waals surface area contributed by atoms with E-state index >= 15 is 0 Å². The van der Waals surface area contributed by atoms with E-state index in [9.17, 15) is 4.39 Å². The molecule has 0 bridgehead atoms. The average Bonchev–Trinajstić information content (AvgIpc) is 2.32. The van der Waals surface area contributed by atoms with Gasteiger partial charge in [0.2, 0.25) is 0 Å². The van der Waals surface area contributed by atoms with Gasteiger partial charge in [0.05, 0.1) is 12.8 Å². The maximum atomic E-state index is 12.8. The van der Waals surface area contributed by atoms with Crippen molar-refractivity contribution in [3.05, 3.63) is 59.4 Å². The summed E-state index contributed by atoms with van der Waals surface area (Å²) in [6, 6.07) is 12.1. The third kappa shape index (κ3) is 2.75. The van der Waals surface area contributed by atoms with Crippen molar-refractivity contribution in [2.75, 3.05) is 12.8 Å². The number of hydrogen-bond donors (Lipinski definition) is 1. The summed E-state index contributed by atoms with van der Waals surface area (Å²) in [6.07, 6.45) is 0.731. The third-order valence-corrected chi connectivity index (χ3v) is 2.62. The van der Waals surface area contributed by atoms with Gasteiger partial charge >= 0.3 is 0 Å². The topological polar surface area (TPSA) is 35.2 Å². The van der Waals surface area contributed by atoms with Crippen molar-refractivity contribution in [2.45, 2.75) is 6.42 Å². The van der Waals surface area contributed by atoms with Crippen molar-refractivity contribution in [3.63, 3.8) is 0 Å². The zero-order chi connectivity index (χ0) is 12.3. The standard InChI is InChI=1S/C14H14FNO/c1-17-14-7-4-11(9-13(14)16)8-10-2-5-12(15)6-3-10/h2-7,9H,8,16H2,1H3. The summed E-state index contributed by atoms with van der Waals surface area (Å²) < 4.78 is 17.8. The molecular formula is C14H14FNO. The molecule has 0 aromatic heterocycles. The highest BCUT2D eigenvalue weighted by Gasteiger charge is 2.02. The summed E-state index contributed by atoms with van der Waals surface area (Å²) in [4.78, 5) is 0. The Bertz CT molecular complexity index is 508. The van der Waals surface area contributed by atoms with Crippen LogP contribution < -0.4 is 10.5 Å². The minimum atomic E-state index is -0.219.